The Morgan fingerprint density at radius 2 is 2.32 bits per heavy atom. The number of nitrogens with one attached hydrogen (secondary N) is 3. The summed E-state index contributed by atoms with van der Waals surface area (Å²) in [5, 5.41) is 2.80. The molecule has 0 aromatic heterocycles. The van der Waals surface area contributed by atoms with Crippen LogP contribution in [0.3, 0.4) is 0 Å². The molecule has 1 heterocycles. The molecule has 1 rings (SSSR count). The van der Waals surface area contributed by atoms with Gasteiger partial charge in [0.15, 0.2) is 0 Å². The highest BCUT2D eigenvalue weighted by atomic mass is 16.5. The Bertz CT molecular complexity index is 334. The predicted molar refractivity (Wildman–Crippen MR) is 76.6 cm³/mol. The molecular formula is C14H25N3O2. The van der Waals surface area contributed by atoms with Crippen LogP contribution in [0.25, 0.3) is 0 Å². The zero-order chi connectivity index (χ0) is 14.1. The fourth-order valence-electron chi connectivity index (χ4n) is 1.96. The molecule has 1 fully saturated rings. The fourth-order valence-corrected chi connectivity index (χ4v) is 1.96. The number of ether oxygens (including phenoxy) is 1. The Morgan fingerprint density at radius 1 is 1.53 bits per heavy atom. The molecule has 0 aromatic rings. The monoisotopic (exact) mass is 267 g/mol. The lowest BCUT2D eigenvalue weighted by atomic mass is 10.0. The molecule has 5 heteroatoms. The van der Waals surface area contributed by atoms with E-state index >= 15 is 0 Å². The van der Waals surface area contributed by atoms with E-state index in [0.29, 0.717) is 25.1 Å². The molecule has 2 atom stereocenters. The molecule has 1 saturated heterocycles. The number of rotatable bonds is 6. The van der Waals surface area contributed by atoms with E-state index in [2.05, 4.69) is 23.1 Å². The highest BCUT2D eigenvalue weighted by molar-refractivity contribution is 5.67. The normalized spacial score (nSPS) is 21.6. The molecule has 1 amide bonds. The second kappa shape index (κ2) is 8.72. The lowest BCUT2D eigenvalue weighted by molar-refractivity contribution is 0.154. The van der Waals surface area contributed by atoms with E-state index in [9.17, 15) is 4.79 Å². The molecule has 5 nitrogen and oxygen atoms in total. The first-order chi connectivity index (χ1) is 9.17. The van der Waals surface area contributed by atoms with Crippen molar-refractivity contribution in [3.8, 4) is 0 Å². The number of hydrogen-bond acceptors (Lipinski definition) is 4. The van der Waals surface area contributed by atoms with Crippen molar-refractivity contribution in [3.63, 3.8) is 0 Å². The minimum absolute atomic E-state index is 0.310. The van der Waals surface area contributed by atoms with Crippen molar-refractivity contribution in [1.29, 1.82) is 0 Å². The Balaban J connectivity index is 2.20. The molecule has 0 spiro atoms. The molecule has 1 aliphatic heterocycles. The number of carbonyl (C=O) groups is 1. The molecule has 0 radical (unpaired) electrons. The first-order valence-corrected chi connectivity index (χ1v) is 6.84. The Labute approximate surface area is 115 Å². The number of allylic oxidation sites excluding steroid dienone is 2. The lowest BCUT2D eigenvalue weighted by Gasteiger charge is -2.19. The van der Waals surface area contributed by atoms with Gasteiger partial charge < -0.3 is 10.1 Å². The minimum atomic E-state index is -0.360. The van der Waals surface area contributed by atoms with Crippen LogP contribution in [0.15, 0.2) is 23.8 Å². The number of hydrazine groups is 1. The van der Waals surface area contributed by atoms with Gasteiger partial charge in [-0.05, 0) is 31.8 Å². The highest BCUT2D eigenvalue weighted by Gasteiger charge is 2.21. The summed E-state index contributed by atoms with van der Waals surface area (Å²) in [5.41, 5.74) is 7.28. The quantitative estimate of drug-likeness (QED) is 0.641. The summed E-state index contributed by atoms with van der Waals surface area (Å²) < 4.78 is 5.16. The van der Waals surface area contributed by atoms with Crippen LogP contribution in [0.2, 0.25) is 0 Å². The Kier molecular flexibility index (Phi) is 7.22. The second-order valence-electron chi connectivity index (χ2n) is 4.76. The van der Waals surface area contributed by atoms with Gasteiger partial charge in [0, 0.05) is 19.1 Å². The third-order valence-corrected chi connectivity index (χ3v) is 3.24. The van der Waals surface area contributed by atoms with E-state index in [1.54, 1.807) is 0 Å². The van der Waals surface area contributed by atoms with Crippen molar-refractivity contribution in [2.75, 3.05) is 19.7 Å². The van der Waals surface area contributed by atoms with Gasteiger partial charge in [0.2, 0.25) is 0 Å². The second-order valence-corrected chi connectivity index (χ2v) is 4.76. The van der Waals surface area contributed by atoms with Gasteiger partial charge in [-0.25, -0.2) is 4.79 Å². The summed E-state index contributed by atoms with van der Waals surface area (Å²) in [6.45, 7) is 7.89. The van der Waals surface area contributed by atoms with E-state index in [-0.39, 0.29) is 6.09 Å². The third kappa shape index (κ3) is 5.89. The van der Waals surface area contributed by atoms with E-state index in [0.717, 1.165) is 18.5 Å². The summed E-state index contributed by atoms with van der Waals surface area (Å²) >= 11 is 0. The topological polar surface area (TPSA) is 62.4 Å². The molecule has 0 saturated carbocycles. The fraction of sp³-hybridized carbons (Fsp3) is 0.643. The smallest absolute Gasteiger partial charge is 0.407 e. The first-order valence-electron chi connectivity index (χ1n) is 6.84. The van der Waals surface area contributed by atoms with Gasteiger partial charge in [-0.15, -0.1) is 0 Å². The molecular weight excluding hydrogens is 242 g/mol. The van der Waals surface area contributed by atoms with E-state index in [1.807, 2.05) is 32.1 Å². The summed E-state index contributed by atoms with van der Waals surface area (Å²) in [5.74, 6) is 0.374. The highest BCUT2D eigenvalue weighted by Crippen LogP contribution is 2.08. The number of amides is 1. The summed E-state index contributed by atoms with van der Waals surface area (Å²) in [7, 11) is 0. The molecule has 19 heavy (non-hydrogen) atoms. The van der Waals surface area contributed by atoms with Crippen LogP contribution in [-0.4, -0.2) is 31.8 Å². The molecule has 0 aliphatic carbocycles. The Morgan fingerprint density at radius 3 is 2.89 bits per heavy atom. The third-order valence-electron chi connectivity index (χ3n) is 3.24. The van der Waals surface area contributed by atoms with Gasteiger partial charge >= 0.3 is 6.09 Å². The van der Waals surface area contributed by atoms with Gasteiger partial charge in [0.1, 0.15) is 6.61 Å². The number of hydrogen-bond donors (Lipinski definition) is 3. The van der Waals surface area contributed by atoms with Crippen LogP contribution in [-0.2, 0) is 4.74 Å². The van der Waals surface area contributed by atoms with Crippen molar-refractivity contribution < 1.29 is 9.53 Å². The maximum absolute atomic E-state index is 11.6. The van der Waals surface area contributed by atoms with Crippen LogP contribution in [0.4, 0.5) is 4.79 Å². The predicted octanol–water partition coefficient (Wildman–Crippen LogP) is 1.74. The summed E-state index contributed by atoms with van der Waals surface area (Å²) in [6.07, 6.45) is 6.52. The maximum atomic E-state index is 11.6. The van der Waals surface area contributed by atoms with Crippen LogP contribution in [0.5, 0.6) is 0 Å². The molecule has 108 valence electrons. The minimum Gasteiger partial charge on any atom is -0.445 e. The van der Waals surface area contributed by atoms with Crippen LogP contribution < -0.4 is 16.2 Å². The van der Waals surface area contributed by atoms with Gasteiger partial charge in [-0.1, -0.05) is 25.2 Å². The molecule has 1 aliphatic rings. The van der Waals surface area contributed by atoms with Crippen LogP contribution in [0, 0.1) is 5.92 Å². The molecule has 1 unspecified atom stereocenters. The van der Waals surface area contributed by atoms with E-state index < -0.39 is 0 Å². The average Bonchev–Trinajstić information content (AvgIpc) is 2.94. The van der Waals surface area contributed by atoms with Crippen molar-refractivity contribution >= 4 is 6.09 Å². The molecule has 0 aromatic carbocycles. The first kappa shape index (κ1) is 15.7. The van der Waals surface area contributed by atoms with Crippen molar-refractivity contribution in [3.05, 3.63) is 23.8 Å². The molecule has 3 N–H and O–H groups in total. The van der Waals surface area contributed by atoms with Gasteiger partial charge in [0.05, 0.1) is 0 Å². The Hall–Kier alpha value is -1.33. The van der Waals surface area contributed by atoms with Crippen LogP contribution >= 0.6 is 0 Å². The zero-order valence-electron chi connectivity index (χ0n) is 12.0. The van der Waals surface area contributed by atoms with Crippen LogP contribution in [0.1, 0.15) is 27.2 Å². The van der Waals surface area contributed by atoms with Crippen molar-refractivity contribution in [2.24, 2.45) is 5.92 Å². The molecule has 0 bridgehead atoms. The van der Waals surface area contributed by atoms with Gasteiger partial charge in [-0.3, -0.25) is 10.9 Å². The maximum Gasteiger partial charge on any atom is 0.407 e. The van der Waals surface area contributed by atoms with E-state index in [4.69, 9.17) is 4.74 Å². The van der Waals surface area contributed by atoms with Crippen molar-refractivity contribution in [2.45, 2.75) is 33.2 Å². The zero-order valence-corrected chi connectivity index (χ0v) is 12.0. The van der Waals surface area contributed by atoms with Crippen molar-refractivity contribution in [1.82, 2.24) is 16.2 Å². The number of alkyl carbamates (subject to hydrolysis) is 1. The van der Waals surface area contributed by atoms with Gasteiger partial charge in [-0.2, -0.15) is 0 Å². The SMILES string of the molecule is C/C=C\C(=C/C)COC(=O)NCC(C)[C@@H]1CCNN1. The lowest BCUT2D eigenvalue weighted by Crippen LogP contribution is -2.40. The summed E-state index contributed by atoms with van der Waals surface area (Å²) in [6, 6.07) is 0.412. The van der Waals surface area contributed by atoms with E-state index in [1.165, 1.54) is 0 Å². The number of carbonyl (C=O) groups excluding carboxylic acids is 1. The largest absolute Gasteiger partial charge is 0.445 e. The average molecular weight is 267 g/mol. The van der Waals surface area contributed by atoms with Gasteiger partial charge in [0.25, 0.3) is 0 Å². The standard InChI is InChI=1S/C14H25N3O2/c1-4-6-12(5-2)10-19-14(18)15-9-11(3)13-7-8-16-17-13/h4-6,11,13,16-17H,7-10H2,1-3H3,(H,15,18)/b6-4-,12-5+/t11?,13-/m0/s1. The summed E-state index contributed by atoms with van der Waals surface area (Å²) in [4.78, 5) is 11.6.